The number of amides is 2. The number of hydrogen-bond donors (Lipinski definition) is 3. The van der Waals surface area contributed by atoms with Crippen LogP contribution >= 0.6 is 0 Å². The molecule has 7 heteroatoms. The Labute approximate surface area is 167 Å². The zero-order chi connectivity index (χ0) is 19.8. The molecule has 0 bridgehead atoms. The Kier molecular flexibility index (Phi) is 4.38. The highest BCUT2D eigenvalue weighted by molar-refractivity contribution is 6.45. The van der Waals surface area contributed by atoms with Crippen molar-refractivity contribution in [1.82, 2.24) is 15.8 Å². The van der Waals surface area contributed by atoms with Crippen molar-refractivity contribution in [3.63, 3.8) is 0 Å². The van der Waals surface area contributed by atoms with E-state index in [1.165, 1.54) is 0 Å². The molecule has 7 nitrogen and oxygen atoms in total. The van der Waals surface area contributed by atoms with Gasteiger partial charge in [0.2, 0.25) is 0 Å². The number of hydrogen-bond acceptors (Lipinski definition) is 5. The Bertz CT molecular complexity index is 1140. The summed E-state index contributed by atoms with van der Waals surface area (Å²) in [7, 11) is 0. The van der Waals surface area contributed by atoms with Gasteiger partial charge in [0.25, 0.3) is 11.8 Å². The lowest BCUT2D eigenvalue weighted by molar-refractivity contribution is -0.120. The van der Waals surface area contributed by atoms with Crippen LogP contribution in [-0.2, 0) is 9.59 Å². The van der Waals surface area contributed by atoms with E-state index >= 15 is 0 Å². The molecule has 29 heavy (non-hydrogen) atoms. The van der Waals surface area contributed by atoms with E-state index in [1.54, 1.807) is 6.26 Å². The molecule has 2 aliphatic heterocycles. The smallest absolute Gasteiger partial charge is 0.267 e. The van der Waals surface area contributed by atoms with Gasteiger partial charge in [-0.1, -0.05) is 36.4 Å². The molecule has 0 saturated carbocycles. The highest BCUT2D eigenvalue weighted by Gasteiger charge is 2.32. The maximum Gasteiger partial charge on any atom is 0.267 e. The maximum atomic E-state index is 13.4. The van der Waals surface area contributed by atoms with Gasteiger partial charge < -0.3 is 15.1 Å². The fraction of sp³-hybridized carbons (Fsp3) is 0.182. The second-order valence-electron chi connectivity index (χ2n) is 7.07. The topological polar surface area (TPSA) is 86.6 Å². The number of piperazine rings is 1. The Hall–Kier alpha value is -3.42. The first kappa shape index (κ1) is 17.7. The third-order valence-corrected chi connectivity index (χ3v) is 5.28. The minimum Gasteiger partial charge on any atom is -0.464 e. The van der Waals surface area contributed by atoms with E-state index < -0.39 is 0 Å². The zero-order valence-electron chi connectivity index (χ0n) is 15.7. The average Bonchev–Trinajstić information content (AvgIpc) is 3.31. The summed E-state index contributed by atoms with van der Waals surface area (Å²) in [6.07, 6.45) is 1.55. The van der Waals surface area contributed by atoms with Crippen LogP contribution < -0.4 is 16.1 Å². The van der Waals surface area contributed by atoms with Gasteiger partial charge in [0.1, 0.15) is 5.58 Å². The fourth-order valence-electron chi connectivity index (χ4n) is 3.88. The Morgan fingerprint density at radius 1 is 1.03 bits per heavy atom. The molecule has 3 heterocycles. The SMILES string of the molecule is O=C1Nc2ccccc2C1=C(C(=O)NN1CCNCC1)c1coc2ccccc12. The molecule has 5 rings (SSSR count). The van der Waals surface area contributed by atoms with Crippen molar-refractivity contribution in [2.24, 2.45) is 0 Å². The summed E-state index contributed by atoms with van der Waals surface area (Å²) in [6.45, 7) is 2.99. The first-order valence-electron chi connectivity index (χ1n) is 9.60. The molecule has 0 unspecified atom stereocenters. The highest BCUT2D eigenvalue weighted by Crippen LogP contribution is 2.39. The summed E-state index contributed by atoms with van der Waals surface area (Å²) in [5, 5.41) is 8.79. The minimum absolute atomic E-state index is 0.290. The van der Waals surface area contributed by atoms with Gasteiger partial charge in [-0.15, -0.1) is 0 Å². The summed E-state index contributed by atoms with van der Waals surface area (Å²) in [5.41, 5.74) is 6.34. The number of para-hydroxylation sites is 2. The van der Waals surface area contributed by atoms with Crippen molar-refractivity contribution in [2.75, 3.05) is 31.5 Å². The van der Waals surface area contributed by atoms with Crippen LogP contribution in [0.5, 0.6) is 0 Å². The van der Waals surface area contributed by atoms with Crippen molar-refractivity contribution >= 4 is 39.6 Å². The molecule has 146 valence electrons. The zero-order valence-corrected chi connectivity index (χ0v) is 15.7. The van der Waals surface area contributed by atoms with E-state index in [9.17, 15) is 9.59 Å². The van der Waals surface area contributed by atoms with Crippen LogP contribution in [0, 0.1) is 0 Å². The molecule has 2 aromatic carbocycles. The molecule has 1 fully saturated rings. The Morgan fingerprint density at radius 2 is 1.79 bits per heavy atom. The summed E-state index contributed by atoms with van der Waals surface area (Å²) in [5.74, 6) is -0.609. The van der Waals surface area contributed by atoms with Gasteiger partial charge in [-0.05, 0) is 12.1 Å². The number of hydrazine groups is 1. The van der Waals surface area contributed by atoms with Crippen molar-refractivity contribution in [3.8, 4) is 0 Å². The van der Waals surface area contributed by atoms with Gasteiger partial charge >= 0.3 is 0 Å². The van der Waals surface area contributed by atoms with Crippen LogP contribution in [0.2, 0.25) is 0 Å². The molecule has 0 atom stereocenters. The van der Waals surface area contributed by atoms with Crippen molar-refractivity contribution in [1.29, 1.82) is 0 Å². The minimum atomic E-state index is -0.319. The molecule has 0 radical (unpaired) electrons. The number of benzene rings is 2. The number of fused-ring (bicyclic) bond motifs is 2. The van der Waals surface area contributed by atoms with Crippen LogP contribution in [0.25, 0.3) is 22.1 Å². The quantitative estimate of drug-likeness (QED) is 0.599. The molecular weight excluding hydrogens is 368 g/mol. The normalized spacial score (nSPS) is 18.4. The van der Waals surface area contributed by atoms with Gasteiger partial charge in [-0.3, -0.25) is 15.0 Å². The van der Waals surface area contributed by atoms with Gasteiger partial charge in [0.05, 0.1) is 17.4 Å². The van der Waals surface area contributed by atoms with Crippen molar-refractivity contribution < 1.29 is 14.0 Å². The second-order valence-corrected chi connectivity index (χ2v) is 7.07. The molecule has 1 saturated heterocycles. The van der Waals surface area contributed by atoms with Gasteiger partial charge in [0.15, 0.2) is 0 Å². The number of carbonyl (C=O) groups excluding carboxylic acids is 2. The first-order valence-corrected chi connectivity index (χ1v) is 9.60. The second kappa shape index (κ2) is 7.20. The van der Waals surface area contributed by atoms with Crippen LogP contribution in [-0.4, -0.2) is 43.0 Å². The van der Waals surface area contributed by atoms with Crippen LogP contribution in [0.4, 0.5) is 5.69 Å². The molecule has 0 spiro atoms. The molecule has 3 aromatic rings. The molecule has 2 amide bonds. The van der Waals surface area contributed by atoms with E-state index in [2.05, 4.69) is 16.1 Å². The number of furan rings is 1. The Morgan fingerprint density at radius 3 is 2.66 bits per heavy atom. The molecule has 2 aliphatic rings. The summed E-state index contributed by atoms with van der Waals surface area (Å²) < 4.78 is 5.68. The van der Waals surface area contributed by atoms with E-state index in [4.69, 9.17) is 4.42 Å². The Balaban J connectivity index is 1.68. The number of nitrogens with one attached hydrogen (secondary N) is 3. The average molecular weight is 388 g/mol. The number of rotatable bonds is 3. The third-order valence-electron chi connectivity index (χ3n) is 5.28. The molecule has 1 aromatic heterocycles. The van der Waals surface area contributed by atoms with Crippen molar-refractivity contribution in [2.45, 2.75) is 0 Å². The van der Waals surface area contributed by atoms with E-state index in [0.717, 1.165) is 18.5 Å². The largest absolute Gasteiger partial charge is 0.464 e. The van der Waals surface area contributed by atoms with E-state index in [-0.39, 0.29) is 11.8 Å². The van der Waals surface area contributed by atoms with Gasteiger partial charge in [0, 0.05) is 48.4 Å². The predicted molar refractivity (Wildman–Crippen MR) is 111 cm³/mol. The number of anilines is 1. The van der Waals surface area contributed by atoms with E-state index in [0.29, 0.717) is 46.6 Å². The molecule has 0 aliphatic carbocycles. The predicted octanol–water partition coefficient (Wildman–Crippen LogP) is 2.23. The number of carbonyl (C=O) groups is 2. The standard InChI is InChI=1S/C22H20N4O3/c27-21-19(15-6-1-3-7-17(15)24-21)20(22(28)25-26-11-9-23-10-12-26)16-13-29-18-8-4-2-5-14(16)18/h1-8,13,23H,9-12H2,(H,24,27)(H,25,28). The lowest BCUT2D eigenvalue weighted by Crippen LogP contribution is -2.52. The third kappa shape index (κ3) is 3.10. The summed E-state index contributed by atoms with van der Waals surface area (Å²) in [4.78, 5) is 26.3. The number of nitrogens with zero attached hydrogens (tertiary/aromatic N) is 1. The first-order chi connectivity index (χ1) is 14.2. The lowest BCUT2D eigenvalue weighted by Gasteiger charge is -2.28. The van der Waals surface area contributed by atoms with E-state index in [1.807, 2.05) is 53.5 Å². The molecule has 3 N–H and O–H groups in total. The summed E-state index contributed by atoms with van der Waals surface area (Å²) in [6, 6.07) is 14.9. The fourth-order valence-corrected chi connectivity index (χ4v) is 3.88. The summed E-state index contributed by atoms with van der Waals surface area (Å²) >= 11 is 0. The van der Waals surface area contributed by atoms with Crippen LogP contribution in [0.3, 0.4) is 0 Å². The van der Waals surface area contributed by atoms with Gasteiger partial charge in [-0.2, -0.15) is 0 Å². The van der Waals surface area contributed by atoms with Crippen LogP contribution in [0.15, 0.2) is 59.2 Å². The maximum absolute atomic E-state index is 13.4. The molecular formula is C22H20N4O3. The van der Waals surface area contributed by atoms with Crippen LogP contribution in [0.1, 0.15) is 11.1 Å². The van der Waals surface area contributed by atoms with Gasteiger partial charge in [-0.25, -0.2) is 5.01 Å². The van der Waals surface area contributed by atoms with Crippen molar-refractivity contribution in [3.05, 3.63) is 65.9 Å². The lowest BCUT2D eigenvalue weighted by atomic mass is 9.94. The monoisotopic (exact) mass is 388 g/mol. The highest BCUT2D eigenvalue weighted by atomic mass is 16.3.